The number of ketones is 1. The highest BCUT2D eigenvalue weighted by atomic mass is 32.1. The second-order valence-electron chi connectivity index (χ2n) is 3.82. The van der Waals surface area contributed by atoms with Crippen molar-refractivity contribution >= 4 is 17.3 Å². The van der Waals surface area contributed by atoms with Crippen molar-refractivity contribution < 1.29 is 4.79 Å². The summed E-state index contributed by atoms with van der Waals surface area (Å²) in [5, 5.41) is 2.07. The zero-order valence-electron chi connectivity index (χ0n) is 7.69. The maximum Gasteiger partial charge on any atom is 0.133 e. The molecule has 2 unspecified atom stereocenters. The largest absolute Gasteiger partial charge is 0.300 e. The third-order valence-electron chi connectivity index (χ3n) is 2.89. The van der Waals surface area contributed by atoms with E-state index in [2.05, 4.69) is 16.7 Å². The van der Waals surface area contributed by atoms with Crippen LogP contribution in [0, 0.1) is 5.92 Å². The van der Waals surface area contributed by atoms with E-state index in [1.54, 1.807) is 0 Å². The molecule has 0 N–H and O–H groups in total. The topological polar surface area (TPSA) is 30.0 Å². The van der Waals surface area contributed by atoms with E-state index in [0.29, 0.717) is 17.6 Å². The monoisotopic (exact) mass is 195 g/mol. The van der Waals surface area contributed by atoms with Gasteiger partial charge in [0.15, 0.2) is 0 Å². The van der Waals surface area contributed by atoms with Crippen molar-refractivity contribution in [1.82, 2.24) is 4.37 Å². The van der Waals surface area contributed by atoms with Gasteiger partial charge in [-0.05, 0) is 35.4 Å². The number of nitrogens with zero attached hydrogens (tertiary/aromatic N) is 1. The molecule has 0 aromatic carbocycles. The van der Waals surface area contributed by atoms with E-state index in [9.17, 15) is 4.79 Å². The van der Waals surface area contributed by atoms with Crippen molar-refractivity contribution in [3.8, 4) is 0 Å². The molecular weight excluding hydrogens is 182 g/mol. The van der Waals surface area contributed by atoms with Gasteiger partial charge in [-0.15, -0.1) is 0 Å². The summed E-state index contributed by atoms with van der Waals surface area (Å²) >= 11 is 1.48. The fourth-order valence-corrected chi connectivity index (χ4v) is 2.58. The van der Waals surface area contributed by atoms with Gasteiger partial charge in [-0.25, -0.2) is 4.37 Å². The Morgan fingerprint density at radius 3 is 3.15 bits per heavy atom. The van der Waals surface area contributed by atoms with E-state index in [4.69, 9.17) is 0 Å². The van der Waals surface area contributed by atoms with Crippen molar-refractivity contribution in [2.24, 2.45) is 5.92 Å². The minimum atomic E-state index is 0.411. The van der Waals surface area contributed by atoms with Gasteiger partial charge >= 0.3 is 0 Å². The summed E-state index contributed by atoms with van der Waals surface area (Å²) in [4.78, 5) is 11.3. The third kappa shape index (κ3) is 1.80. The molecule has 2 nitrogen and oxygen atoms in total. The Hall–Kier alpha value is -0.700. The number of carbonyl (C=O) groups excluding carboxylic acids is 1. The Kier molecular flexibility index (Phi) is 2.44. The zero-order valence-corrected chi connectivity index (χ0v) is 8.51. The standard InChI is InChI=1S/C10H13NOS/c1-7-2-3-9(12)4-10(7)8-5-11-13-6-8/h5-7,10H,2-4H2,1H3. The molecule has 13 heavy (non-hydrogen) atoms. The minimum absolute atomic E-state index is 0.411. The Morgan fingerprint density at radius 2 is 2.46 bits per heavy atom. The predicted octanol–water partition coefficient (Wildman–Crippen LogP) is 2.62. The molecule has 1 saturated carbocycles. The van der Waals surface area contributed by atoms with Crippen LogP contribution < -0.4 is 0 Å². The van der Waals surface area contributed by atoms with Crippen molar-refractivity contribution in [2.75, 3.05) is 0 Å². The Bertz CT molecular complexity index is 294. The van der Waals surface area contributed by atoms with Gasteiger partial charge in [0.25, 0.3) is 0 Å². The first-order valence-corrected chi connectivity index (χ1v) is 5.52. The quantitative estimate of drug-likeness (QED) is 0.689. The van der Waals surface area contributed by atoms with Crippen LogP contribution >= 0.6 is 11.5 Å². The van der Waals surface area contributed by atoms with Crippen LogP contribution in [-0.4, -0.2) is 10.2 Å². The van der Waals surface area contributed by atoms with Crippen LogP contribution in [-0.2, 0) is 4.79 Å². The van der Waals surface area contributed by atoms with Crippen LogP contribution in [0.5, 0.6) is 0 Å². The van der Waals surface area contributed by atoms with Crippen molar-refractivity contribution in [1.29, 1.82) is 0 Å². The fourth-order valence-electron chi connectivity index (χ4n) is 1.98. The van der Waals surface area contributed by atoms with Gasteiger partial charge in [-0.3, -0.25) is 4.79 Å². The van der Waals surface area contributed by atoms with Crippen LogP contribution in [0.4, 0.5) is 0 Å². The summed E-state index contributed by atoms with van der Waals surface area (Å²) in [6, 6.07) is 0. The maximum atomic E-state index is 11.3. The number of carbonyl (C=O) groups is 1. The molecule has 0 aliphatic heterocycles. The number of Topliss-reactive ketones (excluding diaryl/α,β-unsaturated/α-hetero) is 1. The van der Waals surface area contributed by atoms with E-state index >= 15 is 0 Å². The molecule has 3 heteroatoms. The second kappa shape index (κ2) is 3.58. The molecule has 1 fully saturated rings. The summed E-state index contributed by atoms with van der Waals surface area (Å²) in [6.45, 7) is 2.23. The predicted molar refractivity (Wildman–Crippen MR) is 52.9 cm³/mol. The summed E-state index contributed by atoms with van der Waals surface area (Å²) in [5.74, 6) is 1.48. The molecule has 0 bridgehead atoms. The van der Waals surface area contributed by atoms with Crippen molar-refractivity contribution in [2.45, 2.75) is 32.1 Å². The van der Waals surface area contributed by atoms with Gasteiger partial charge in [-0.2, -0.15) is 0 Å². The summed E-state index contributed by atoms with van der Waals surface area (Å²) in [7, 11) is 0. The summed E-state index contributed by atoms with van der Waals surface area (Å²) < 4.78 is 4.09. The van der Waals surface area contributed by atoms with Gasteiger partial charge in [0.1, 0.15) is 5.78 Å². The van der Waals surface area contributed by atoms with E-state index in [0.717, 1.165) is 19.3 Å². The molecule has 1 aromatic heterocycles. The van der Waals surface area contributed by atoms with Crippen LogP contribution in [0.3, 0.4) is 0 Å². The SMILES string of the molecule is CC1CCC(=O)CC1c1cnsc1. The molecule has 70 valence electrons. The first-order chi connectivity index (χ1) is 6.27. The van der Waals surface area contributed by atoms with E-state index < -0.39 is 0 Å². The molecule has 0 radical (unpaired) electrons. The van der Waals surface area contributed by atoms with E-state index in [1.807, 2.05) is 6.20 Å². The lowest BCUT2D eigenvalue weighted by molar-refractivity contribution is -0.121. The Morgan fingerprint density at radius 1 is 1.62 bits per heavy atom. The van der Waals surface area contributed by atoms with Gasteiger partial charge in [-0.1, -0.05) is 6.92 Å². The highest BCUT2D eigenvalue weighted by Crippen LogP contribution is 2.35. The maximum absolute atomic E-state index is 11.3. The van der Waals surface area contributed by atoms with Crippen LogP contribution in [0.2, 0.25) is 0 Å². The molecule has 0 saturated heterocycles. The molecule has 0 amide bonds. The third-order valence-corrected chi connectivity index (χ3v) is 3.50. The van der Waals surface area contributed by atoms with Gasteiger partial charge < -0.3 is 0 Å². The molecule has 1 aliphatic carbocycles. The lowest BCUT2D eigenvalue weighted by Gasteiger charge is -2.26. The van der Waals surface area contributed by atoms with Gasteiger partial charge in [0.2, 0.25) is 0 Å². The first kappa shape index (κ1) is 8.88. The number of hydrogen-bond donors (Lipinski definition) is 0. The molecule has 2 atom stereocenters. The molecular formula is C10H13NOS. The average Bonchev–Trinajstić information content (AvgIpc) is 2.61. The minimum Gasteiger partial charge on any atom is -0.300 e. The van der Waals surface area contributed by atoms with Gasteiger partial charge in [0.05, 0.1) is 0 Å². The lowest BCUT2D eigenvalue weighted by Crippen LogP contribution is -2.20. The summed E-state index contributed by atoms with van der Waals surface area (Å²) in [6.07, 6.45) is 4.44. The van der Waals surface area contributed by atoms with Crippen molar-refractivity contribution in [3.63, 3.8) is 0 Å². The average molecular weight is 195 g/mol. The molecule has 1 aliphatic rings. The van der Waals surface area contributed by atoms with Crippen molar-refractivity contribution in [3.05, 3.63) is 17.1 Å². The van der Waals surface area contributed by atoms with Crippen LogP contribution in [0.15, 0.2) is 11.6 Å². The molecule has 0 spiro atoms. The summed E-state index contributed by atoms with van der Waals surface area (Å²) in [5.41, 5.74) is 1.26. The number of aromatic nitrogens is 1. The van der Waals surface area contributed by atoms with Gasteiger partial charge in [0, 0.05) is 24.4 Å². The number of hydrogen-bond acceptors (Lipinski definition) is 3. The highest BCUT2D eigenvalue weighted by Gasteiger charge is 2.27. The van der Waals surface area contributed by atoms with Crippen LogP contribution in [0.25, 0.3) is 0 Å². The van der Waals surface area contributed by atoms with Crippen LogP contribution in [0.1, 0.15) is 37.7 Å². The Labute approximate surface area is 82.1 Å². The number of rotatable bonds is 1. The highest BCUT2D eigenvalue weighted by molar-refractivity contribution is 7.03. The zero-order chi connectivity index (χ0) is 9.26. The second-order valence-corrected chi connectivity index (χ2v) is 4.48. The first-order valence-electron chi connectivity index (χ1n) is 4.68. The normalized spacial score (nSPS) is 29.2. The molecule has 1 heterocycles. The Balaban J connectivity index is 2.17. The van der Waals surface area contributed by atoms with E-state index in [-0.39, 0.29) is 0 Å². The lowest BCUT2D eigenvalue weighted by atomic mass is 9.77. The van der Waals surface area contributed by atoms with E-state index in [1.165, 1.54) is 17.1 Å². The molecule has 1 aromatic rings. The molecule has 2 rings (SSSR count). The fraction of sp³-hybridized carbons (Fsp3) is 0.600. The smallest absolute Gasteiger partial charge is 0.133 e.